The molecule has 1 fully saturated rings. The lowest BCUT2D eigenvalue weighted by Gasteiger charge is -2.31. The molecule has 5 nitrogen and oxygen atoms in total. The standard InChI is InChI=1S/C18H22ClN3O2/c1-13-17(18(24)21-7-5-14(12-23)6-8-21)11-22(20-13)10-15-3-2-4-16(19)9-15/h2-4,9,11,14,23H,5-8,10,12H2,1H3. The van der Waals surface area contributed by atoms with Gasteiger partial charge in [0.05, 0.1) is 17.8 Å². The van der Waals surface area contributed by atoms with Gasteiger partial charge >= 0.3 is 0 Å². The number of halogens is 1. The SMILES string of the molecule is Cc1nn(Cc2cccc(Cl)c2)cc1C(=O)N1CCC(CO)CC1. The number of carbonyl (C=O) groups excluding carboxylic acids is 1. The van der Waals surface area contributed by atoms with Crippen LogP contribution in [0.4, 0.5) is 0 Å². The second-order valence-electron chi connectivity index (χ2n) is 6.37. The van der Waals surface area contributed by atoms with Crippen LogP contribution in [0.15, 0.2) is 30.5 Å². The zero-order valence-corrected chi connectivity index (χ0v) is 14.5. The number of aliphatic hydroxyl groups is 1. The van der Waals surface area contributed by atoms with Gasteiger partial charge in [0.15, 0.2) is 0 Å². The lowest BCUT2D eigenvalue weighted by Crippen LogP contribution is -2.39. The first-order chi connectivity index (χ1) is 11.6. The quantitative estimate of drug-likeness (QED) is 0.925. The second kappa shape index (κ2) is 7.36. The van der Waals surface area contributed by atoms with Gasteiger partial charge < -0.3 is 10.0 Å². The van der Waals surface area contributed by atoms with Crippen molar-refractivity contribution in [2.45, 2.75) is 26.3 Å². The highest BCUT2D eigenvalue weighted by molar-refractivity contribution is 6.30. The number of amides is 1. The van der Waals surface area contributed by atoms with Gasteiger partial charge in [0.25, 0.3) is 5.91 Å². The van der Waals surface area contributed by atoms with Crippen LogP contribution in [0.5, 0.6) is 0 Å². The van der Waals surface area contributed by atoms with Crippen LogP contribution in [-0.4, -0.2) is 45.4 Å². The van der Waals surface area contributed by atoms with Crippen LogP contribution in [0.1, 0.15) is 34.5 Å². The normalized spacial score (nSPS) is 15.7. The summed E-state index contributed by atoms with van der Waals surface area (Å²) in [6, 6.07) is 7.64. The minimum absolute atomic E-state index is 0.0289. The lowest BCUT2D eigenvalue weighted by atomic mass is 9.97. The van der Waals surface area contributed by atoms with Crippen molar-refractivity contribution in [3.8, 4) is 0 Å². The zero-order valence-electron chi connectivity index (χ0n) is 13.8. The molecular formula is C18H22ClN3O2. The fourth-order valence-corrected chi connectivity index (χ4v) is 3.33. The Morgan fingerprint density at radius 3 is 2.79 bits per heavy atom. The molecule has 1 aliphatic heterocycles. The molecule has 1 aromatic carbocycles. The molecule has 128 valence electrons. The fraction of sp³-hybridized carbons (Fsp3) is 0.444. The van der Waals surface area contributed by atoms with Gasteiger partial charge in [-0.05, 0) is 43.4 Å². The molecule has 1 aromatic heterocycles. The van der Waals surface area contributed by atoms with E-state index in [2.05, 4.69) is 5.10 Å². The largest absolute Gasteiger partial charge is 0.396 e. The van der Waals surface area contributed by atoms with Gasteiger partial charge in [0.1, 0.15) is 0 Å². The minimum Gasteiger partial charge on any atom is -0.396 e. The van der Waals surface area contributed by atoms with Crippen LogP contribution < -0.4 is 0 Å². The van der Waals surface area contributed by atoms with E-state index >= 15 is 0 Å². The molecule has 0 spiro atoms. The Kier molecular flexibility index (Phi) is 5.21. The van der Waals surface area contributed by atoms with Crippen LogP contribution in [-0.2, 0) is 6.54 Å². The predicted molar refractivity (Wildman–Crippen MR) is 93.2 cm³/mol. The summed E-state index contributed by atoms with van der Waals surface area (Å²) in [5.41, 5.74) is 2.44. The van der Waals surface area contributed by atoms with Gasteiger partial charge in [-0.25, -0.2) is 0 Å². The molecular weight excluding hydrogens is 326 g/mol. The third-order valence-electron chi connectivity index (χ3n) is 4.57. The topological polar surface area (TPSA) is 58.4 Å². The van der Waals surface area contributed by atoms with Crippen molar-refractivity contribution in [1.82, 2.24) is 14.7 Å². The van der Waals surface area contributed by atoms with Crippen LogP contribution in [0.2, 0.25) is 5.02 Å². The van der Waals surface area contributed by atoms with E-state index in [9.17, 15) is 9.90 Å². The van der Waals surface area contributed by atoms with E-state index in [0.717, 1.165) is 24.1 Å². The molecule has 0 radical (unpaired) electrons. The monoisotopic (exact) mass is 347 g/mol. The summed E-state index contributed by atoms with van der Waals surface area (Å²) in [6.45, 7) is 4.05. The highest BCUT2D eigenvalue weighted by atomic mass is 35.5. The highest BCUT2D eigenvalue weighted by Crippen LogP contribution is 2.20. The first kappa shape index (κ1) is 17.0. The number of benzene rings is 1. The Balaban J connectivity index is 1.70. The van der Waals surface area contributed by atoms with Crippen LogP contribution >= 0.6 is 11.6 Å². The van der Waals surface area contributed by atoms with Crippen LogP contribution in [0.3, 0.4) is 0 Å². The summed E-state index contributed by atoms with van der Waals surface area (Å²) >= 11 is 6.02. The maximum Gasteiger partial charge on any atom is 0.257 e. The molecule has 1 aliphatic rings. The van der Waals surface area contributed by atoms with Gasteiger partial charge in [-0.15, -0.1) is 0 Å². The molecule has 1 amide bonds. The van der Waals surface area contributed by atoms with Gasteiger partial charge in [0, 0.05) is 30.9 Å². The van der Waals surface area contributed by atoms with Crippen molar-refractivity contribution in [1.29, 1.82) is 0 Å². The van der Waals surface area contributed by atoms with Gasteiger partial charge in [-0.3, -0.25) is 9.48 Å². The zero-order chi connectivity index (χ0) is 17.1. The molecule has 2 heterocycles. The van der Waals surface area contributed by atoms with E-state index in [1.54, 1.807) is 4.68 Å². The Morgan fingerprint density at radius 1 is 1.38 bits per heavy atom. The van der Waals surface area contributed by atoms with Gasteiger partial charge in [-0.2, -0.15) is 5.10 Å². The van der Waals surface area contributed by atoms with E-state index in [-0.39, 0.29) is 12.5 Å². The summed E-state index contributed by atoms with van der Waals surface area (Å²) in [5, 5.41) is 14.4. The van der Waals surface area contributed by atoms with Crippen molar-refractivity contribution >= 4 is 17.5 Å². The van der Waals surface area contributed by atoms with Crippen molar-refractivity contribution < 1.29 is 9.90 Å². The molecule has 0 aliphatic carbocycles. The summed E-state index contributed by atoms with van der Waals surface area (Å²) in [7, 11) is 0. The Bertz CT molecular complexity index is 721. The molecule has 0 bridgehead atoms. The number of likely N-dealkylation sites (tertiary alicyclic amines) is 1. The Morgan fingerprint density at radius 2 is 2.12 bits per heavy atom. The number of aryl methyl sites for hydroxylation is 1. The van der Waals surface area contributed by atoms with Crippen molar-refractivity contribution in [3.05, 3.63) is 52.3 Å². The average molecular weight is 348 g/mol. The predicted octanol–water partition coefficient (Wildman–Crippen LogP) is 2.74. The molecule has 24 heavy (non-hydrogen) atoms. The number of carbonyl (C=O) groups is 1. The molecule has 0 unspecified atom stereocenters. The third-order valence-corrected chi connectivity index (χ3v) is 4.81. The maximum absolute atomic E-state index is 12.7. The number of aromatic nitrogens is 2. The number of nitrogens with zero attached hydrogens (tertiary/aromatic N) is 3. The van der Waals surface area contributed by atoms with E-state index in [4.69, 9.17) is 11.6 Å². The Labute approximate surface area is 146 Å². The Hall–Kier alpha value is -1.85. The molecule has 3 rings (SSSR count). The number of rotatable bonds is 4. The summed E-state index contributed by atoms with van der Waals surface area (Å²) < 4.78 is 1.79. The third kappa shape index (κ3) is 3.79. The van der Waals surface area contributed by atoms with Crippen LogP contribution in [0.25, 0.3) is 0 Å². The van der Waals surface area contributed by atoms with E-state index in [1.807, 2.05) is 42.3 Å². The van der Waals surface area contributed by atoms with Crippen molar-refractivity contribution in [2.24, 2.45) is 5.92 Å². The number of hydrogen-bond donors (Lipinski definition) is 1. The fourth-order valence-electron chi connectivity index (χ4n) is 3.12. The van der Waals surface area contributed by atoms with E-state index in [1.165, 1.54) is 0 Å². The molecule has 1 saturated heterocycles. The molecule has 0 saturated carbocycles. The smallest absolute Gasteiger partial charge is 0.257 e. The summed E-state index contributed by atoms with van der Waals surface area (Å²) in [5.74, 6) is 0.349. The maximum atomic E-state index is 12.7. The number of hydrogen-bond acceptors (Lipinski definition) is 3. The van der Waals surface area contributed by atoms with E-state index in [0.29, 0.717) is 36.1 Å². The second-order valence-corrected chi connectivity index (χ2v) is 6.81. The van der Waals surface area contributed by atoms with Crippen molar-refractivity contribution in [2.75, 3.05) is 19.7 Å². The summed E-state index contributed by atoms with van der Waals surface area (Å²) in [4.78, 5) is 14.6. The number of aliphatic hydroxyl groups excluding tert-OH is 1. The first-order valence-electron chi connectivity index (χ1n) is 8.25. The van der Waals surface area contributed by atoms with E-state index < -0.39 is 0 Å². The molecule has 6 heteroatoms. The van der Waals surface area contributed by atoms with Crippen molar-refractivity contribution in [3.63, 3.8) is 0 Å². The summed E-state index contributed by atoms with van der Waals surface area (Å²) in [6.07, 6.45) is 3.53. The van der Waals surface area contributed by atoms with Crippen LogP contribution in [0, 0.1) is 12.8 Å². The minimum atomic E-state index is 0.0289. The first-order valence-corrected chi connectivity index (χ1v) is 8.63. The van der Waals surface area contributed by atoms with Gasteiger partial charge in [0.2, 0.25) is 0 Å². The lowest BCUT2D eigenvalue weighted by molar-refractivity contribution is 0.0650. The molecule has 0 atom stereocenters. The molecule has 1 N–H and O–H groups in total. The molecule has 2 aromatic rings. The average Bonchev–Trinajstić information content (AvgIpc) is 2.94. The van der Waals surface area contributed by atoms with Gasteiger partial charge in [-0.1, -0.05) is 23.7 Å². The highest BCUT2D eigenvalue weighted by Gasteiger charge is 2.25. The number of piperidine rings is 1.